The highest BCUT2D eigenvalue weighted by Gasteiger charge is 2.28. The molecule has 26 heavy (non-hydrogen) atoms. The van der Waals surface area contributed by atoms with E-state index in [9.17, 15) is 4.79 Å². The second-order valence-corrected chi connectivity index (χ2v) is 8.56. The second kappa shape index (κ2) is 7.46. The standard InChI is InChI=1S/C21H23N3OS/c1-14(21(2,3)4)17(25)12-18-19(15-8-6-5-7-9-15)24-20(26-18)16-13-22-10-11-23-16/h5-11,13-14H,12H2,1-4H3/t14-/m1/s1. The molecule has 4 nitrogen and oxygen atoms in total. The molecule has 2 aromatic heterocycles. The number of rotatable bonds is 5. The molecule has 0 spiro atoms. The molecule has 134 valence electrons. The Balaban J connectivity index is 2.00. The summed E-state index contributed by atoms with van der Waals surface area (Å²) in [6.45, 7) is 8.32. The third kappa shape index (κ3) is 4.05. The predicted octanol–water partition coefficient (Wildman–Crippen LogP) is 5.06. The first-order valence-electron chi connectivity index (χ1n) is 8.70. The van der Waals surface area contributed by atoms with E-state index in [1.807, 2.05) is 37.3 Å². The van der Waals surface area contributed by atoms with Crippen LogP contribution < -0.4 is 0 Å². The van der Waals surface area contributed by atoms with Crippen LogP contribution in [0.2, 0.25) is 0 Å². The largest absolute Gasteiger partial charge is 0.299 e. The Labute approximate surface area is 158 Å². The number of hydrogen-bond acceptors (Lipinski definition) is 5. The van der Waals surface area contributed by atoms with Gasteiger partial charge in [0.1, 0.15) is 16.5 Å². The predicted molar refractivity (Wildman–Crippen MR) is 106 cm³/mol. The van der Waals surface area contributed by atoms with E-state index in [0.717, 1.165) is 26.8 Å². The molecule has 0 bridgehead atoms. The molecule has 0 aliphatic heterocycles. The molecule has 3 rings (SSSR count). The fraction of sp³-hybridized carbons (Fsp3) is 0.333. The lowest BCUT2D eigenvalue weighted by molar-refractivity contribution is -0.124. The molecular formula is C21H23N3OS. The monoisotopic (exact) mass is 365 g/mol. The molecule has 0 fully saturated rings. The number of carbonyl (C=O) groups is 1. The number of Topliss-reactive ketones (excluding diaryl/α,β-unsaturated/α-hetero) is 1. The minimum atomic E-state index is -0.0532. The maximum Gasteiger partial charge on any atom is 0.144 e. The summed E-state index contributed by atoms with van der Waals surface area (Å²) < 4.78 is 0. The van der Waals surface area contributed by atoms with E-state index in [0.29, 0.717) is 6.42 Å². The number of thiazole rings is 1. The van der Waals surface area contributed by atoms with Crippen LogP contribution in [0.1, 0.15) is 32.6 Å². The average molecular weight is 366 g/mol. The lowest BCUT2D eigenvalue weighted by Gasteiger charge is -2.25. The van der Waals surface area contributed by atoms with Gasteiger partial charge in [-0.05, 0) is 5.41 Å². The molecule has 0 amide bonds. The molecule has 0 aliphatic rings. The van der Waals surface area contributed by atoms with Gasteiger partial charge in [0.15, 0.2) is 0 Å². The quantitative estimate of drug-likeness (QED) is 0.634. The van der Waals surface area contributed by atoms with Gasteiger partial charge in [0.2, 0.25) is 0 Å². The van der Waals surface area contributed by atoms with Crippen molar-refractivity contribution in [1.29, 1.82) is 0 Å². The smallest absolute Gasteiger partial charge is 0.144 e. The highest BCUT2D eigenvalue weighted by atomic mass is 32.1. The van der Waals surface area contributed by atoms with Crippen LogP contribution in [-0.4, -0.2) is 20.7 Å². The highest BCUT2D eigenvalue weighted by Crippen LogP contribution is 2.35. The van der Waals surface area contributed by atoms with Crippen molar-refractivity contribution in [2.24, 2.45) is 11.3 Å². The van der Waals surface area contributed by atoms with Crippen molar-refractivity contribution in [2.75, 3.05) is 0 Å². The minimum Gasteiger partial charge on any atom is -0.299 e. The highest BCUT2D eigenvalue weighted by molar-refractivity contribution is 7.15. The third-order valence-electron chi connectivity index (χ3n) is 4.64. The van der Waals surface area contributed by atoms with E-state index in [1.165, 1.54) is 11.3 Å². The lowest BCUT2D eigenvalue weighted by atomic mass is 9.78. The maximum atomic E-state index is 12.8. The molecule has 0 radical (unpaired) electrons. The van der Waals surface area contributed by atoms with Crippen LogP contribution in [0.4, 0.5) is 0 Å². The summed E-state index contributed by atoms with van der Waals surface area (Å²) in [7, 11) is 0. The molecule has 0 saturated carbocycles. The van der Waals surface area contributed by atoms with Gasteiger partial charge >= 0.3 is 0 Å². The maximum absolute atomic E-state index is 12.8. The lowest BCUT2D eigenvalue weighted by Crippen LogP contribution is -2.27. The van der Waals surface area contributed by atoms with Crippen molar-refractivity contribution in [1.82, 2.24) is 15.0 Å². The number of aromatic nitrogens is 3. The molecule has 0 aliphatic carbocycles. The van der Waals surface area contributed by atoms with Gasteiger partial charge in [0, 0.05) is 35.2 Å². The Bertz CT molecular complexity index is 883. The number of hydrogen-bond donors (Lipinski definition) is 0. The number of benzene rings is 1. The number of nitrogens with zero attached hydrogens (tertiary/aromatic N) is 3. The van der Waals surface area contributed by atoms with Crippen molar-refractivity contribution in [3.8, 4) is 22.0 Å². The minimum absolute atomic E-state index is 0.0202. The van der Waals surface area contributed by atoms with Gasteiger partial charge < -0.3 is 0 Å². The Morgan fingerprint density at radius 2 is 1.88 bits per heavy atom. The summed E-state index contributed by atoms with van der Waals surface area (Å²) in [6.07, 6.45) is 5.40. The van der Waals surface area contributed by atoms with Gasteiger partial charge in [-0.25, -0.2) is 4.98 Å². The van der Waals surface area contributed by atoms with Crippen LogP contribution in [0.3, 0.4) is 0 Å². The molecule has 3 aromatic rings. The van der Waals surface area contributed by atoms with Crippen LogP contribution in [0, 0.1) is 11.3 Å². The Hall–Kier alpha value is -2.40. The van der Waals surface area contributed by atoms with Crippen molar-refractivity contribution >= 4 is 17.1 Å². The SMILES string of the molecule is C[C@H](C(=O)Cc1sc(-c2cnccn2)nc1-c1ccccc1)C(C)(C)C. The molecule has 0 saturated heterocycles. The van der Waals surface area contributed by atoms with Gasteiger partial charge in [0.25, 0.3) is 0 Å². The summed E-state index contributed by atoms with van der Waals surface area (Å²) in [6, 6.07) is 10.00. The van der Waals surface area contributed by atoms with Crippen molar-refractivity contribution in [3.63, 3.8) is 0 Å². The number of ketones is 1. The third-order valence-corrected chi connectivity index (χ3v) is 5.72. The summed E-state index contributed by atoms with van der Waals surface area (Å²) in [5.41, 5.74) is 2.57. The van der Waals surface area contributed by atoms with Gasteiger partial charge in [-0.15, -0.1) is 11.3 Å². The van der Waals surface area contributed by atoms with Gasteiger partial charge in [0.05, 0.1) is 11.9 Å². The van der Waals surface area contributed by atoms with Crippen molar-refractivity contribution in [3.05, 3.63) is 53.8 Å². The zero-order valence-electron chi connectivity index (χ0n) is 15.6. The molecule has 2 heterocycles. The Kier molecular flexibility index (Phi) is 5.28. The molecule has 1 aromatic carbocycles. The molecule has 0 unspecified atom stereocenters. The first kappa shape index (κ1) is 18.4. The Morgan fingerprint density at radius 3 is 2.50 bits per heavy atom. The van der Waals surface area contributed by atoms with Gasteiger partial charge in [-0.3, -0.25) is 14.8 Å². The van der Waals surface area contributed by atoms with Crippen LogP contribution in [0.5, 0.6) is 0 Å². The Morgan fingerprint density at radius 1 is 1.15 bits per heavy atom. The van der Waals surface area contributed by atoms with Crippen LogP contribution >= 0.6 is 11.3 Å². The van der Waals surface area contributed by atoms with Crippen molar-refractivity contribution < 1.29 is 4.79 Å². The normalized spacial score (nSPS) is 12.8. The van der Waals surface area contributed by atoms with Crippen LogP contribution in [-0.2, 0) is 11.2 Å². The second-order valence-electron chi connectivity index (χ2n) is 7.48. The van der Waals surface area contributed by atoms with E-state index in [-0.39, 0.29) is 17.1 Å². The van der Waals surface area contributed by atoms with E-state index in [1.54, 1.807) is 18.6 Å². The fourth-order valence-corrected chi connectivity index (χ4v) is 3.66. The summed E-state index contributed by atoms with van der Waals surface area (Å²) >= 11 is 1.53. The molecule has 0 N–H and O–H groups in total. The van der Waals surface area contributed by atoms with Crippen molar-refractivity contribution in [2.45, 2.75) is 34.1 Å². The zero-order valence-corrected chi connectivity index (χ0v) is 16.4. The molecular weight excluding hydrogens is 342 g/mol. The van der Waals surface area contributed by atoms with E-state index in [2.05, 4.69) is 30.7 Å². The van der Waals surface area contributed by atoms with E-state index < -0.39 is 0 Å². The number of carbonyl (C=O) groups excluding carboxylic acids is 1. The topological polar surface area (TPSA) is 55.7 Å². The fourth-order valence-electron chi connectivity index (χ4n) is 2.61. The summed E-state index contributed by atoms with van der Waals surface area (Å²) in [4.78, 5) is 27.1. The summed E-state index contributed by atoms with van der Waals surface area (Å²) in [5, 5.41) is 0.795. The average Bonchev–Trinajstić information content (AvgIpc) is 3.05. The summed E-state index contributed by atoms with van der Waals surface area (Å²) in [5.74, 6) is 0.220. The van der Waals surface area contributed by atoms with E-state index >= 15 is 0 Å². The van der Waals surface area contributed by atoms with E-state index in [4.69, 9.17) is 4.98 Å². The first-order valence-corrected chi connectivity index (χ1v) is 9.52. The van der Waals surface area contributed by atoms with Crippen LogP contribution in [0.25, 0.3) is 22.0 Å². The van der Waals surface area contributed by atoms with Gasteiger partial charge in [-0.1, -0.05) is 58.0 Å². The van der Waals surface area contributed by atoms with Gasteiger partial charge in [-0.2, -0.15) is 0 Å². The van der Waals surface area contributed by atoms with Crippen LogP contribution in [0.15, 0.2) is 48.9 Å². The molecule has 5 heteroatoms. The first-order chi connectivity index (χ1) is 12.4. The molecule has 1 atom stereocenters. The zero-order chi connectivity index (χ0) is 18.7.